The van der Waals surface area contributed by atoms with Crippen molar-refractivity contribution in [2.45, 2.75) is 43.5 Å². The molecule has 0 aliphatic rings. The van der Waals surface area contributed by atoms with Gasteiger partial charge in [0.1, 0.15) is 5.82 Å². The molecule has 156 valence electrons. The topological polar surface area (TPSA) is 67.8 Å². The van der Waals surface area contributed by atoms with Crippen molar-refractivity contribution in [3.63, 3.8) is 0 Å². The highest BCUT2D eigenvalue weighted by atomic mass is 32.2. The second-order valence-electron chi connectivity index (χ2n) is 7.11. The molecular formula is C22H22F2N4OS. The Morgan fingerprint density at radius 2 is 1.70 bits per heavy atom. The van der Waals surface area contributed by atoms with Crippen LogP contribution in [0.1, 0.15) is 38.6 Å². The first kappa shape index (κ1) is 21.8. The number of carbonyl (C=O) groups excluding carboxylic acids is 1. The van der Waals surface area contributed by atoms with Crippen LogP contribution in [0.4, 0.5) is 8.78 Å². The molecule has 0 radical (unpaired) electrons. The molecule has 3 rings (SSSR count). The summed E-state index contributed by atoms with van der Waals surface area (Å²) in [6, 6.07) is 11.8. The number of rotatable bonds is 6. The van der Waals surface area contributed by atoms with E-state index in [2.05, 4.69) is 20.5 Å². The Kier molecular flexibility index (Phi) is 6.45. The van der Waals surface area contributed by atoms with Gasteiger partial charge in [-0.2, -0.15) is 8.78 Å². The van der Waals surface area contributed by atoms with E-state index in [0.717, 1.165) is 21.6 Å². The number of hydrogen-bond donors (Lipinski definition) is 1. The van der Waals surface area contributed by atoms with Crippen LogP contribution in [-0.4, -0.2) is 27.6 Å². The number of hydrogen-bond acceptors (Lipinski definition) is 5. The smallest absolute Gasteiger partial charge is 0.290 e. The van der Waals surface area contributed by atoms with Crippen molar-refractivity contribution in [2.75, 3.05) is 6.54 Å². The van der Waals surface area contributed by atoms with Crippen LogP contribution in [0.5, 0.6) is 0 Å². The van der Waals surface area contributed by atoms with Crippen molar-refractivity contribution in [1.82, 2.24) is 20.5 Å². The van der Waals surface area contributed by atoms with Gasteiger partial charge in [-0.1, -0.05) is 47.7 Å². The lowest BCUT2D eigenvalue weighted by Gasteiger charge is -2.18. The Balaban J connectivity index is 1.78. The summed E-state index contributed by atoms with van der Waals surface area (Å²) in [6.45, 7) is 6.56. The summed E-state index contributed by atoms with van der Waals surface area (Å²) < 4.78 is 29.0. The summed E-state index contributed by atoms with van der Waals surface area (Å²) in [4.78, 5) is 17.7. The van der Waals surface area contributed by atoms with Crippen LogP contribution in [0, 0.1) is 27.7 Å². The maximum absolute atomic E-state index is 14.5. The third kappa shape index (κ3) is 5.18. The Morgan fingerprint density at radius 3 is 2.37 bits per heavy atom. The SMILES string of the molecule is Cc1ccc(C(F)(F)CNC(=O)c2nc(C)nnc2Sc2ccc(C)c(C)c2)cc1. The Bertz CT molecular complexity index is 1070. The zero-order valence-electron chi connectivity index (χ0n) is 17.2. The fourth-order valence-corrected chi connectivity index (χ4v) is 3.59. The summed E-state index contributed by atoms with van der Waals surface area (Å²) in [5.41, 5.74) is 2.94. The molecule has 30 heavy (non-hydrogen) atoms. The predicted octanol–water partition coefficient (Wildman–Crippen LogP) is 4.78. The van der Waals surface area contributed by atoms with Crippen molar-refractivity contribution in [2.24, 2.45) is 0 Å². The highest BCUT2D eigenvalue weighted by Gasteiger charge is 2.32. The van der Waals surface area contributed by atoms with Crippen LogP contribution >= 0.6 is 11.8 Å². The summed E-state index contributed by atoms with van der Waals surface area (Å²) >= 11 is 1.22. The number of halogens is 2. The van der Waals surface area contributed by atoms with Crippen molar-refractivity contribution in [3.05, 3.63) is 76.2 Å². The zero-order valence-corrected chi connectivity index (χ0v) is 18.0. The van der Waals surface area contributed by atoms with Gasteiger partial charge in [0.05, 0.1) is 6.54 Å². The highest BCUT2D eigenvalue weighted by Crippen LogP contribution is 2.30. The van der Waals surface area contributed by atoms with Gasteiger partial charge >= 0.3 is 0 Å². The molecule has 0 atom stereocenters. The lowest BCUT2D eigenvalue weighted by atomic mass is 10.1. The highest BCUT2D eigenvalue weighted by molar-refractivity contribution is 7.99. The molecule has 8 heteroatoms. The van der Waals surface area contributed by atoms with E-state index in [4.69, 9.17) is 0 Å². The molecule has 1 aromatic heterocycles. The normalized spacial score (nSPS) is 11.4. The van der Waals surface area contributed by atoms with E-state index >= 15 is 0 Å². The molecular weight excluding hydrogens is 406 g/mol. The minimum absolute atomic E-state index is 0.0227. The average molecular weight is 429 g/mol. The van der Waals surface area contributed by atoms with Gasteiger partial charge in [-0.3, -0.25) is 4.79 Å². The summed E-state index contributed by atoms with van der Waals surface area (Å²) in [7, 11) is 0. The van der Waals surface area contributed by atoms with E-state index in [9.17, 15) is 13.6 Å². The van der Waals surface area contributed by atoms with Gasteiger partial charge in [0.25, 0.3) is 11.8 Å². The third-order valence-corrected chi connectivity index (χ3v) is 5.57. The van der Waals surface area contributed by atoms with Crippen molar-refractivity contribution in [3.8, 4) is 0 Å². The van der Waals surface area contributed by atoms with Crippen LogP contribution in [0.25, 0.3) is 0 Å². The first-order chi connectivity index (χ1) is 14.2. The van der Waals surface area contributed by atoms with E-state index in [-0.39, 0.29) is 22.1 Å². The maximum Gasteiger partial charge on any atom is 0.290 e. The molecule has 0 unspecified atom stereocenters. The second kappa shape index (κ2) is 8.87. The summed E-state index contributed by atoms with van der Waals surface area (Å²) in [6.07, 6.45) is 0. The van der Waals surface area contributed by atoms with Crippen molar-refractivity contribution >= 4 is 17.7 Å². The number of nitrogens with zero attached hydrogens (tertiary/aromatic N) is 3. The van der Waals surface area contributed by atoms with Crippen LogP contribution < -0.4 is 5.32 Å². The van der Waals surface area contributed by atoms with Gasteiger partial charge in [-0.25, -0.2) is 4.98 Å². The van der Waals surface area contributed by atoms with E-state index in [1.165, 1.54) is 23.9 Å². The van der Waals surface area contributed by atoms with Crippen LogP contribution in [0.2, 0.25) is 0 Å². The van der Waals surface area contributed by atoms with Gasteiger partial charge in [-0.15, -0.1) is 10.2 Å². The fraction of sp³-hybridized carbons (Fsp3) is 0.273. The maximum atomic E-state index is 14.5. The molecule has 1 N–H and O–H groups in total. The molecule has 0 spiro atoms. The largest absolute Gasteiger partial charge is 0.344 e. The summed E-state index contributed by atoms with van der Waals surface area (Å²) in [5, 5.41) is 10.5. The Labute approximate surface area is 178 Å². The monoisotopic (exact) mass is 428 g/mol. The molecule has 5 nitrogen and oxygen atoms in total. The quantitative estimate of drug-likeness (QED) is 0.612. The van der Waals surface area contributed by atoms with Gasteiger partial charge in [0.2, 0.25) is 0 Å². The Hall–Kier alpha value is -2.87. The standard InChI is InChI=1S/C22H22F2N4OS/c1-13-5-8-17(9-6-13)22(23,24)12-25-20(29)19-21(28-27-16(4)26-19)30-18-10-7-14(2)15(3)11-18/h5-11H,12H2,1-4H3,(H,25,29). The molecule has 3 aromatic rings. The van der Waals surface area contributed by atoms with E-state index < -0.39 is 18.4 Å². The van der Waals surface area contributed by atoms with Crippen LogP contribution in [-0.2, 0) is 5.92 Å². The molecule has 0 saturated heterocycles. The number of carbonyl (C=O) groups is 1. The van der Waals surface area contributed by atoms with E-state index in [0.29, 0.717) is 0 Å². The van der Waals surface area contributed by atoms with Crippen LogP contribution in [0.3, 0.4) is 0 Å². The van der Waals surface area contributed by atoms with Gasteiger partial charge in [0, 0.05) is 10.5 Å². The third-order valence-electron chi connectivity index (χ3n) is 4.61. The first-order valence-corrected chi connectivity index (χ1v) is 10.2. The lowest BCUT2D eigenvalue weighted by Crippen LogP contribution is -2.36. The van der Waals surface area contributed by atoms with Gasteiger partial charge < -0.3 is 5.32 Å². The number of nitrogens with one attached hydrogen (secondary N) is 1. The molecule has 0 fully saturated rings. The minimum Gasteiger partial charge on any atom is -0.344 e. The van der Waals surface area contributed by atoms with E-state index in [1.807, 2.05) is 39.0 Å². The number of aryl methyl sites for hydroxylation is 4. The van der Waals surface area contributed by atoms with Gasteiger partial charge in [0.15, 0.2) is 10.7 Å². The van der Waals surface area contributed by atoms with Gasteiger partial charge in [-0.05, 0) is 51.0 Å². The lowest BCUT2D eigenvalue weighted by molar-refractivity contribution is -0.00257. The molecule has 1 heterocycles. The average Bonchev–Trinajstić information content (AvgIpc) is 2.70. The first-order valence-electron chi connectivity index (χ1n) is 9.35. The van der Waals surface area contributed by atoms with Crippen molar-refractivity contribution in [1.29, 1.82) is 0 Å². The molecule has 0 saturated carbocycles. The molecule has 0 bridgehead atoms. The summed E-state index contributed by atoms with van der Waals surface area (Å²) in [5.74, 6) is -3.64. The number of amides is 1. The Morgan fingerprint density at radius 1 is 1.00 bits per heavy atom. The number of alkyl halides is 2. The van der Waals surface area contributed by atoms with E-state index in [1.54, 1.807) is 19.1 Å². The number of benzene rings is 2. The van der Waals surface area contributed by atoms with Crippen LogP contribution in [0.15, 0.2) is 52.4 Å². The number of aromatic nitrogens is 3. The predicted molar refractivity (Wildman–Crippen MR) is 112 cm³/mol. The van der Waals surface area contributed by atoms with Crippen molar-refractivity contribution < 1.29 is 13.6 Å². The zero-order chi connectivity index (χ0) is 21.9. The second-order valence-corrected chi connectivity index (χ2v) is 8.18. The minimum atomic E-state index is -3.21. The molecule has 0 aliphatic carbocycles. The fourth-order valence-electron chi connectivity index (χ4n) is 2.68. The molecule has 1 amide bonds. The molecule has 0 aliphatic heterocycles. The molecule has 2 aromatic carbocycles.